The summed E-state index contributed by atoms with van der Waals surface area (Å²) in [6.45, 7) is 4.83. The highest BCUT2D eigenvalue weighted by Crippen LogP contribution is 2.01. The number of hydrogen-bond donors (Lipinski definition) is 3. The second kappa shape index (κ2) is 7.96. The third kappa shape index (κ3) is 6.40. The Bertz CT molecular complexity index is 311. The molecule has 19 heavy (non-hydrogen) atoms. The second-order valence-corrected chi connectivity index (χ2v) is 4.92. The number of carboxylic acid groups (broad SMARTS) is 1. The first kappa shape index (κ1) is 15.7. The highest BCUT2D eigenvalue weighted by Gasteiger charge is 2.18. The van der Waals surface area contributed by atoms with Crippen LogP contribution in [0.5, 0.6) is 0 Å². The number of urea groups is 1. The summed E-state index contributed by atoms with van der Waals surface area (Å²) >= 11 is 0. The van der Waals surface area contributed by atoms with Crippen molar-refractivity contribution in [2.75, 3.05) is 39.8 Å². The van der Waals surface area contributed by atoms with Crippen molar-refractivity contribution in [2.24, 2.45) is 5.92 Å². The van der Waals surface area contributed by atoms with Crippen LogP contribution in [0.2, 0.25) is 0 Å². The summed E-state index contributed by atoms with van der Waals surface area (Å²) in [5, 5.41) is 14.1. The van der Waals surface area contributed by atoms with Gasteiger partial charge in [-0.2, -0.15) is 0 Å². The van der Waals surface area contributed by atoms with E-state index in [1.807, 2.05) is 7.05 Å². The SMILES string of the molecule is CC(CCNC(=O)NCC1CN(C)CCO1)C(=O)O. The van der Waals surface area contributed by atoms with E-state index < -0.39 is 11.9 Å². The number of ether oxygens (including phenoxy) is 1. The van der Waals surface area contributed by atoms with Gasteiger partial charge in [-0.3, -0.25) is 4.79 Å². The number of hydrogen-bond acceptors (Lipinski definition) is 4. The highest BCUT2D eigenvalue weighted by atomic mass is 16.5. The predicted molar refractivity (Wildman–Crippen MR) is 70.1 cm³/mol. The van der Waals surface area contributed by atoms with Crippen molar-refractivity contribution in [3.8, 4) is 0 Å². The van der Waals surface area contributed by atoms with Crippen LogP contribution in [0.3, 0.4) is 0 Å². The standard InChI is InChI=1S/C12H23N3O4/c1-9(11(16)17)3-4-13-12(18)14-7-10-8-15(2)5-6-19-10/h9-10H,3-8H2,1-2H3,(H,16,17)(H2,13,14,18). The lowest BCUT2D eigenvalue weighted by molar-refractivity contribution is -0.141. The molecule has 0 aromatic heterocycles. The molecule has 1 saturated heterocycles. The van der Waals surface area contributed by atoms with Gasteiger partial charge in [-0.25, -0.2) is 4.79 Å². The number of nitrogens with one attached hydrogen (secondary N) is 2. The van der Waals surface area contributed by atoms with Crippen LogP contribution >= 0.6 is 0 Å². The van der Waals surface area contributed by atoms with Crippen LogP contribution in [0.25, 0.3) is 0 Å². The molecular weight excluding hydrogens is 250 g/mol. The molecule has 0 aromatic rings. The number of morpholine rings is 1. The van der Waals surface area contributed by atoms with E-state index in [-0.39, 0.29) is 12.1 Å². The van der Waals surface area contributed by atoms with Crippen LogP contribution in [0.15, 0.2) is 0 Å². The second-order valence-electron chi connectivity index (χ2n) is 4.92. The molecule has 0 aromatic carbocycles. The summed E-state index contributed by atoms with van der Waals surface area (Å²) in [4.78, 5) is 24.2. The van der Waals surface area contributed by atoms with E-state index in [0.29, 0.717) is 26.1 Å². The molecule has 110 valence electrons. The molecule has 1 aliphatic heterocycles. The van der Waals surface area contributed by atoms with Crippen LogP contribution in [0.1, 0.15) is 13.3 Å². The Morgan fingerprint density at radius 1 is 1.47 bits per heavy atom. The fourth-order valence-corrected chi connectivity index (χ4v) is 1.79. The summed E-state index contributed by atoms with van der Waals surface area (Å²) in [7, 11) is 2.02. The zero-order valence-corrected chi connectivity index (χ0v) is 11.5. The lowest BCUT2D eigenvalue weighted by atomic mass is 10.1. The third-order valence-electron chi connectivity index (χ3n) is 3.12. The molecule has 1 fully saturated rings. The molecule has 0 saturated carbocycles. The van der Waals surface area contributed by atoms with Crippen LogP contribution < -0.4 is 10.6 Å². The smallest absolute Gasteiger partial charge is 0.314 e. The van der Waals surface area contributed by atoms with Gasteiger partial charge in [0, 0.05) is 26.2 Å². The molecule has 3 N–H and O–H groups in total. The molecule has 2 amide bonds. The van der Waals surface area contributed by atoms with Crippen LogP contribution in [0.4, 0.5) is 4.79 Å². The maximum atomic E-state index is 11.5. The minimum absolute atomic E-state index is 0.0162. The zero-order chi connectivity index (χ0) is 14.3. The van der Waals surface area contributed by atoms with E-state index in [4.69, 9.17) is 9.84 Å². The maximum absolute atomic E-state index is 11.5. The summed E-state index contributed by atoms with van der Waals surface area (Å²) in [5.41, 5.74) is 0. The molecule has 2 atom stereocenters. The first-order chi connectivity index (χ1) is 8.99. The molecule has 1 aliphatic rings. The summed E-state index contributed by atoms with van der Waals surface area (Å²) < 4.78 is 5.51. The molecule has 2 unspecified atom stereocenters. The van der Waals surface area contributed by atoms with Gasteiger partial charge in [0.1, 0.15) is 0 Å². The monoisotopic (exact) mass is 273 g/mol. The van der Waals surface area contributed by atoms with Crippen LogP contribution in [-0.4, -0.2) is 67.9 Å². The Morgan fingerprint density at radius 3 is 2.84 bits per heavy atom. The molecule has 1 rings (SSSR count). The van der Waals surface area contributed by atoms with Crippen molar-refractivity contribution in [2.45, 2.75) is 19.4 Å². The molecular formula is C12H23N3O4. The van der Waals surface area contributed by atoms with Crippen molar-refractivity contribution < 1.29 is 19.4 Å². The van der Waals surface area contributed by atoms with Crippen molar-refractivity contribution >= 4 is 12.0 Å². The van der Waals surface area contributed by atoms with Crippen molar-refractivity contribution in [1.82, 2.24) is 15.5 Å². The lowest BCUT2D eigenvalue weighted by Crippen LogP contribution is -2.48. The van der Waals surface area contributed by atoms with Crippen LogP contribution in [0, 0.1) is 5.92 Å². The average molecular weight is 273 g/mol. The lowest BCUT2D eigenvalue weighted by Gasteiger charge is -2.30. The molecule has 7 heteroatoms. The first-order valence-corrected chi connectivity index (χ1v) is 6.53. The highest BCUT2D eigenvalue weighted by molar-refractivity contribution is 5.74. The number of likely N-dealkylation sites (N-methyl/N-ethyl adjacent to an activating group) is 1. The Morgan fingerprint density at radius 2 is 2.21 bits per heavy atom. The Labute approximate surface area is 113 Å². The minimum Gasteiger partial charge on any atom is -0.481 e. The van der Waals surface area contributed by atoms with E-state index in [9.17, 15) is 9.59 Å². The Kier molecular flexibility index (Phi) is 6.58. The molecule has 1 heterocycles. The van der Waals surface area contributed by atoms with Gasteiger partial charge in [0.05, 0.1) is 18.6 Å². The summed E-state index contributed by atoms with van der Waals surface area (Å²) in [6.07, 6.45) is 0.438. The van der Waals surface area contributed by atoms with Crippen molar-refractivity contribution in [3.05, 3.63) is 0 Å². The summed E-state index contributed by atoms with van der Waals surface area (Å²) in [5.74, 6) is -1.29. The van der Waals surface area contributed by atoms with E-state index >= 15 is 0 Å². The van der Waals surface area contributed by atoms with E-state index in [1.54, 1.807) is 6.92 Å². The van der Waals surface area contributed by atoms with Gasteiger partial charge < -0.3 is 25.4 Å². The van der Waals surface area contributed by atoms with Gasteiger partial charge >= 0.3 is 12.0 Å². The fraction of sp³-hybridized carbons (Fsp3) is 0.833. The van der Waals surface area contributed by atoms with Gasteiger partial charge in [-0.1, -0.05) is 6.92 Å². The van der Waals surface area contributed by atoms with Gasteiger partial charge in [-0.15, -0.1) is 0 Å². The van der Waals surface area contributed by atoms with Crippen molar-refractivity contribution in [3.63, 3.8) is 0 Å². The fourth-order valence-electron chi connectivity index (χ4n) is 1.79. The molecule has 0 radical (unpaired) electrons. The van der Waals surface area contributed by atoms with E-state index in [0.717, 1.165) is 13.1 Å². The summed E-state index contributed by atoms with van der Waals surface area (Å²) in [6, 6.07) is -0.283. The van der Waals surface area contributed by atoms with Gasteiger partial charge in [0.2, 0.25) is 0 Å². The number of carbonyl (C=O) groups excluding carboxylic acids is 1. The van der Waals surface area contributed by atoms with Gasteiger partial charge in [0.25, 0.3) is 0 Å². The van der Waals surface area contributed by atoms with E-state index in [2.05, 4.69) is 15.5 Å². The Balaban J connectivity index is 2.09. The third-order valence-corrected chi connectivity index (χ3v) is 3.12. The number of carboxylic acids is 1. The van der Waals surface area contributed by atoms with Gasteiger partial charge in [0.15, 0.2) is 0 Å². The molecule has 0 spiro atoms. The normalized spacial score (nSPS) is 21.7. The minimum atomic E-state index is -0.846. The molecule has 0 bridgehead atoms. The van der Waals surface area contributed by atoms with Gasteiger partial charge in [-0.05, 0) is 13.5 Å². The predicted octanol–water partition coefficient (Wildman–Crippen LogP) is -0.273. The topological polar surface area (TPSA) is 90.9 Å². The number of aliphatic carboxylic acids is 1. The molecule has 7 nitrogen and oxygen atoms in total. The average Bonchev–Trinajstić information content (AvgIpc) is 2.36. The quantitative estimate of drug-likeness (QED) is 0.619. The number of amides is 2. The van der Waals surface area contributed by atoms with E-state index in [1.165, 1.54) is 0 Å². The van der Waals surface area contributed by atoms with Crippen molar-refractivity contribution in [1.29, 1.82) is 0 Å². The number of carbonyl (C=O) groups is 2. The van der Waals surface area contributed by atoms with Crippen LogP contribution in [-0.2, 0) is 9.53 Å². The first-order valence-electron chi connectivity index (χ1n) is 6.53. The number of rotatable bonds is 6. The zero-order valence-electron chi connectivity index (χ0n) is 11.5. The largest absolute Gasteiger partial charge is 0.481 e. The number of nitrogens with zero attached hydrogens (tertiary/aromatic N) is 1. The Hall–Kier alpha value is -1.34. The maximum Gasteiger partial charge on any atom is 0.314 e. The molecule has 0 aliphatic carbocycles.